The molecule has 2 rings (SSSR count). The largest absolute Gasteiger partial charge is 0.316 e. The fourth-order valence-corrected chi connectivity index (χ4v) is 2.63. The Morgan fingerprint density at radius 3 is 3.00 bits per heavy atom. The van der Waals surface area contributed by atoms with Crippen LogP contribution in [0.2, 0.25) is 0 Å². The summed E-state index contributed by atoms with van der Waals surface area (Å²) in [5.41, 5.74) is 1.34. The van der Waals surface area contributed by atoms with Crippen molar-refractivity contribution < 1.29 is 0 Å². The Labute approximate surface area is 106 Å². The van der Waals surface area contributed by atoms with Crippen LogP contribution >= 0.6 is 15.9 Å². The summed E-state index contributed by atoms with van der Waals surface area (Å²) in [6.07, 6.45) is 1.23. The van der Waals surface area contributed by atoms with Crippen molar-refractivity contribution in [2.45, 2.75) is 25.9 Å². The molecule has 1 saturated heterocycles. The molecule has 0 spiro atoms. The van der Waals surface area contributed by atoms with Gasteiger partial charge in [0, 0.05) is 17.1 Å². The van der Waals surface area contributed by atoms with E-state index in [4.69, 9.17) is 0 Å². The minimum atomic E-state index is 0.647. The Balaban J connectivity index is 1.89. The molecule has 0 aliphatic carbocycles. The van der Waals surface area contributed by atoms with E-state index in [9.17, 15) is 0 Å². The molecule has 2 N–H and O–H groups in total. The van der Waals surface area contributed by atoms with Gasteiger partial charge in [-0.05, 0) is 37.1 Å². The van der Waals surface area contributed by atoms with Crippen LogP contribution < -0.4 is 10.6 Å². The predicted octanol–water partition coefficient (Wildman–Crippen LogP) is 2.54. The highest BCUT2D eigenvalue weighted by atomic mass is 79.9. The molecule has 0 aromatic heterocycles. The van der Waals surface area contributed by atoms with Crippen molar-refractivity contribution in [2.75, 3.05) is 13.1 Å². The molecule has 3 heteroatoms. The standard InChI is InChI=1S/C13H19BrN2/c1-10-8-15-7-6-13(10)16-9-11-4-2-3-5-12(11)14/h2-5,10,13,15-16H,6-9H2,1H3. The van der Waals surface area contributed by atoms with Gasteiger partial charge in [-0.15, -0.1) is 0 Å². The number of nitrogens with one attached hydrogen (secondary N) is 2. The molecular formula is C13H19BrN2. The van der Waals surface area contributed by atoms with Gasteiger partial charge >= 0.3 is 0 Å². The molecule has 1 fully saturated rings. The lowest BCUT2D eigenvalue weighted by Gasteiger charge is -2.30. The van der Waals surface area contributed by atoms with E-state index in [1.807, 2.05) is 0 Å². The molecule has 0 radical (unpaired) electrons. The Kier molecular flexibility index (Phi) is 4.38. The normalized spacial score (nSPS) is 25.6. The van der Waals surface area contributed by atoms with Gasteiger partial charge < -0.3 is 10.6 Å². The molecule has 2 atom stereocenters. The van der Waals surface area contributed by atoms with Crippen molar-refractivity contribution in [2.24, 2.45) is 5.92 Å². The van der Waals surface area contributed by atoms with E-state index in [-0.39, 0.29) is 0 Å². The molecule has 1 heterocycles. The van der Waals surface area contributed by atoms with E-state index in [1.54, 1.807) is 0 Å². The van der Waals surface area contributed by atoms with Crippen molar-refractivity contribution in [3.63, 3.8) is 0 Å². The lowest BCUT2D eigenvalue weighted by Crippen LogP contribution is -2.46. The zero-order chi connectivity index (χ0) is 11.4. The van der Waals surface area contributed by atoms with Crippen LogP contribution in [0.15, 0.2) is 28.7 Å². The summed E-state index contributed by atoms with van der Waals surface area (Å²) in [6, 6.07) is 9.06. The first-order valence-corrected chi connectivity index (χ1v) is 6.74. The monoisotopic (exact) mass is 282 g/mol. The minimum absolute atomic E-state index is 0.647. The van der Waals surface area contributed by atoms with E-state index in [0.29, 0.717) is 6.04 Å². The van der Waals surface area contributed by atoms with E-state index in [1.165, 1.54) is 16.5 Å². The molecule has 1 aromatic rings. The zero-order valence-corrected chi connectivity index (χ0v) is 11.3. The summed E-state index contributed by atoms with van der Waals surface area (Å²) in [7, 11) is 0. The molecule has 1 aromatic carbocycles. The number of hydrogen-bond acceptors (Lipinski definition) is 2. The van der Waals surface area contributed by atoms with Crippen LogP contribution in [0.1, 0.15) is 18.9 Å². The maximum atomic E-state index is 3.66. The van der Waals surface area contributed by atoms with Gasteiger partial charge in [0.2, 0.25) is 0 Å². The van der Waals surface area contributed by atoms with Crippen molar-refractivity contribution in [3.8, 4) is 0 Å². The second-order valence-electron chi connectivity index (χ2n) is 4.55. The molecule has 16 heavy (non-hydrogen) atoms. The van der Waals surface area contributed by atoms with E-state index in [2.05, 4.69) is 57.8 Å². The summed E-state index contributed by atoms with van der Waals surface area (Å²) in [5.74, 6) is 0.719. The summed E-state index contributed by atoms with van der Waals surface area (Å²) in [6.45, 7) is 5.53. The molecule has 2 unspecified atom stereocenters. The van der Waals surface area contributed by atoms with E-state index < -0.39 is 0 Å². The molecule has 1 aliphatic rings. The molecule has 0 amide bonds. The number of benzene rings is 1. The van der Waals surface area contributed by atoms with Crippen LogP contribution in [0.5, 0.6) is 0 Å². The second kappa shape index (κ2) is 5.80. The molecular weight excluding hydrogens is 264 g/mol. The van der Waals surface area contributed by atoms with Crippen LogP contribution in [0.4, 0.5) is 0 Å². The van der Waals surface area contributed by atoms with Gasteiger partial charge in [-0.1, -0.05) is 41.1 Å². The first-order valence-electron chi connectivity index (χ1n) is 5.95. The van der Waals surface area contributed by atoms with Gasteiger partial charge in [0.1, 0.15) is 0 Å². The Bertz CT molecular complexity index is 340. The molecule has 1 aliphatic heterocycles. The van der Waals surface area contributed by atoms with E-state index >= 15 is 0 Å². The van der Waals surface area contributed by atoms with Crippen molar-refractivity contribution in [1.82, 2.24) is 10.6 Å². The average molecular weight is 283 g/mol. The van der Waals surface area contributed by atoms with Gasteiger partial charge in [0.25, 0.3) is 0 Å². The molecule has 0 saturated carbocycles. The maximum absolute atomic E-state index is 3.66. The number of hydrogen-bond donors (Lipinski definition) is 2. The first kappa shape index (κ1) is 12.1. The third-order valence-corrected chi connectivity index (χ3v) is 4.07. The third kappa shape index (κ3) is 3.06. The lowest BCUT2D eigenvalue weighted by atomic mass is 9.95. The Hall–Kier alpha value is -0.380. The third-order valence-electron chi connectivity index (χ3n) is 3.30. The Morgan fingerprint density at radius 2 is 2.25 bits per heavy atom. The average Bonchev–Trinajstić information content (AvgIpc) is 2.30. The quantitative estimate of drug-likeness (QED) is 0.890. The number of rotatable bonds is 3. The van der Waals surface area contributed by atoms with Crippen LogP contribution in [0.3, 0.4) is 0 Å². The minimum Gasteiger partial charge on any atom is -0.316 e. The van der Waals surface area contributed by atoms with Crippen LogP contribution in [0.25, 0.3) is 0 Å². The first-order chi connectivity index (χ1) is 7.77. The van der Waals surface area contributed by atoms with Gasteiger partial charge in [-0.2, -0.15) is 0 Å². The smallest absolute Gasteiger partial charge is 0.0220 e. The summed E-state index contributed by atoms with van der Waals surface area (Å²) in [5, 5.41) is 7.08. The van der Waals surface area contributed by atoms with Crippen LogP contribution in [-0.4, -0.2) is 19.1 Å². The highest BCUT2D eigenvalue weighted by Crippen LogP contribution is 2.17. The van der Waals surface area contributed by atoms with Crippen molar-refractivity contribution >= 4 is 15.9 Å². The summed E-state index contributed by atoms with van der Waals surface area (Å²) in [4.78, 5) is 0. The van der Waals surface area contributed by atoms with E-state index in [0.717, 1.165) is 25.6 Å². The molecule has 2 nitrogen and oxygen atoms in total. The summed E-state index contributed by atoms with van der Waals surface area (Å²) >= 11 is 3.58. The van der Waals surface area contributed by atoms with Crippen LogP contribution in [0, 0.1) is 5.92 Å². The van der Waals surface area contributed by atoms with Crippen LogP contribution in [-0.2, 0) is 6.54 Å². The summed E-state index contributed by atoms with van der Waals surface area (Å²) < 4.78 is 1.20. The van der Waals surface area contributed by atoms with Gasteiger partial charge in [-0.25, -0.2) is 0 Å². The van der Waals surface area contributed by atoms with Crippen molar-refractivity contribution in [3.05, 3.63) is 34.3 Å². The van der Waals surface area contributed by atoms with Gasteiger partial charge in [0.15, 0.2) is 0 Å². The zero-order valence-electron chi connectivity index (χ0n) is 9.67. The molecule has 0 bridgehead atoms. The second-order valence-corrected chi connectivity index (χ2v) is 5.40. The fourth-order valence-electron chi connectivity index (χ4n) is 2.20. The highest BCUT2D eigenvalue weighted by molar-refractivity contribution is 9.10. The predicted molar refractivity (Wildman–Crippen MR) is 71.4 cm³/mol. The topological polar surface area (TPSA) is 24.1 Å². The SMILES string of the molecule is CC1CNCCC1NCc1ccccc1Br. The van der Waals surface area contributed by atoms with Gasteiger partial charge in [0.05, 0.1) is 0 Å². The maximum Gasteiger partial charge on any atom is 0.0220 e. The number of piperidine rings is 1. The van der Waals surface area contributed by atoms with Gasteiger partial charge in [-0.3, -0.25) is 0 Å². The highest BCUT2D eigenvalue weighted by Gasteiger charge is 2.20. The number of halogens is 1. The molecule has 88 valence electrons. The fraction of sp³-hybridized carbons (Fsp3) is 0.538. The Morgan fingerprint density at radius 1 is 1.44 bits per heavy atom. The lowest BCUT2D eigenvalue weighted by molar-refractivity contribution is 0.295. The van der Waals surface area contributed by atoms with Crippen molar-refractivity contribution in [1.29, 1.82) is 0 Å².